The average molecular weight is 436 g/mol. The van der Waals surface area contributed by atoms with Crippen LogP contribution in [-0.2, 0) is 19.1 Å². The molecule has 0 aliphatic carbocycles. The van der Waals surface area contributed by atoms with Crippen LogP contribution in [0, 0.1) is 17.5 Å². The van der Waals surface area contributed by atoms with Crippen LogP contribution >= 0.6 is 0 Å². The van der Waals surface area contributed by atoms with Gasteiger partial charge in [0.25, 0.3) is 5.91 Å². The van der Waals surface area contributed by atoms with Gasteiger partial charge < -0.3 is 20.1 Å². The molecule has 2 aromatic carbocycles. The van der Waals surface area contributed by atoms with Crippen molar-refractivity contribution in [3.8, 4) is 5.75 Å². The Balaban J connectivity index is 1.82. The van der Waals surface area contributed by atoms with Crippen molar-refractivity contribution in [2.24, 2.45) is 0 Å². The number of hydrogen-bond acceptors (Lipinski definition) is 5. The van der Waals surface area contributed by atoms with Crippen molar-refractivity contribution < 1.29 is 37.0 Å². The van der Waals surface area contributed by atoms with E-state index in [0.29, 0.717) is 17.4 Å². The predicted octanol–water partition coefficient (Wildman–Crippen LogP) is 2.81. The van der Waals surface area contributed by atoms with E-state index in [1.807, 2.05) is 5.32 Å². The number of nitrogens with one attached hydrogen (secondary N) is 2. The fourth-order valence-electron chi connectivity index (χ4n) is 2.30. The number of anilines is 1. The van der Waals surface area contributed by atoms with E-state index in [4.69, 9.17) is 9.47 Å². The molecule has 0 saturated carbocycles. The molecule has 2 aromatic rings. The van der Waals surface area contributed by atoms with Crippen LogP contribution in [0.3, 0.4) is 0 Å². The summed E-state index contributed by atoms with van der Waals surface area (Å²) in [5.74, 6) is -6.57. The minimum Gasteiger partial charge on any atom is -0.497 e. The van der Waals surface area contributed by atoms with Gasteiger partial charge in [-0.3, -0.25) is 9.59 Å². The lowest BCUT2D eigenvalue weighted by Crippen LogP contribution is -2.40. The van der Waals surface area contributed by atoms with Gasteiger partial charge in [0.05, 0.1) is 19.3 Å². The summed E-state index contributed by atoms with van der Waals surface area (Å²) in [6, 6.07) is 8.38. The second-order valence-corrected chi connectivity index (χ2v) is 6.18. The fraction of sp³-hybridized carbons (Fsp3) is 0.190. The first-order valence-corrected chi connectivity index (χ1v) is 8.95. The molecular weight excluding hydrogens is 417 g/mol. The Morgan fingerprint density at radius 2 is 1.84 bits per heavy atom. The van der Waals surface area contributed by atoms with Gasteiger partial charge >= 0.3 is 5.97 Å². The molecule has 0 fully saturated rings. The first-order chi connectivity index (χ1) is 14.7. The zero-order chi connectivity index (χ0) is 23.0. The molecule has 0 bridgehead atoms. The largest absolute Gasteiger partial charge is 0.497 e. The molecule has 10 heteroatoms. The van der Waals surface area contributed by atoms with Crippen molar-refractivity contribution in [3.05, 3.63) is 65.5 Å². The molecule has 0 aliphatic heterocycles. The van der Waals surface area contributed by atoms with Gasteiger partial charge in [-0.1, -0.05) is 12.1 Å². The fourth-order valence-corrected chi connectivity index (χ4v) is 2.30. The highest BCUT2D eigenvalue weighted by Gasteiger charge is 2.19. The number of methoxy groups -OCH3 is 1. The van der Waals surface area contributed by atoms with Crippen molar-refractivity contribution in [2.45, 2.75) is 13.0 Å². The summed E-state index contributed by atoms with van der Waals surface area (Å²) in [5.41, 5.74) is 0.0924. The summed E-state index contributed by atoms with van der Waals surface area (Å²) in [5, 5.41) is 4.18. The molecule has 0 aliphatic rings. The Morgan fingerprint density at radius 3 is 2.55 bits per heavy atom. The quantitative estimate of drug-likeness (QED) is 0.377. The number of carbonyl (C=O) groups excluding carboxylic acids is 3. The second-order valence-electron chi connectivity index (χ2n) is 6.18. The van der Waals surface area contributed by atoms with Gasteiger partial charge in [0.1, 0.15) is 5.75 Å². The number of ether oxygens (including phenoxy) is 2. The van der Waals surface area contributed by atoms with Crippen molar-refractivity contribution in [1.82, 2.24) is 5.32 Å². The number of amides is 2. The molecule has 1 unspecified atom stereocenters. The first kappa shape index (κ1) is 23.5. The van der Waals surface area contributed by atoms with E-state index in [-0.39, 0.29) is 0 Å². The van der Waals surface area contributed by atoms with Crippen molar-refractivity contribution in [1.29, 1.82) is 0 Å². The van der Waals surface area contributed by atoms with Gasteiger partial charge in [-0.05, 0) is 42.8 Å². The standard InChI is InChI=1S/C21H19F3N2O5/c1-12(31-18(28)9-6-13-4-3-5-14(10-13)30-2)21(29)25-11-17(27)26-16-8-7-15(22)19(23)20(16)24/h3-10,12H,11H2,1-2H3,(H,25,29)(H,26,27)/b9-6+. The highest BCUT2D eigenvalue weighted by molar-refractivity contribution is 5.96. The molecule has 0 aromatic heterocycles. The number of halogens is 3. The van der Waals surface area contributed by atoms with Crippen LogP contribution in [0.1, 0.15) is 12.5 Å². The van der Waals surface area contributed by atoms with Gasteiger partial charge in [-0.2, -0.15) is 0 Å². The number of benzene rings is 2. The molecular formula is C21H19F3N2O5. The molecule has 0 heterocycles. The Kier molecular flexibility index (Phi) is 8.18. The highest BCUT2D eigenvalue weighted by atomic mass is 19.2. The third-order valence-corrected chi connectivity index (χ3v) is 3.90. The van der Waals surface area contributed by atoms with Crippen LogP contribution in [0.25, 0.3) is 6.08 Å². The van der Waals surface area contributed by atoms with E-state index in [0.717, 1.165) is 12.1 Å². The monoisotopic (exact) mass is 436 g/mol. The minimum absolute atomic E-state index is 0.583. The van der Waals surface area contributed by atoms with Gasteiger partial charge in [-0.15, -0.1) is 0 Å². The maximum Gasteiger partial charge on any atom is 0.331 e. The molecule has 31 heavy (non-hydrogen) atoms. The summed E-state index contributed by atoms with van der Waals surface area (Å²) in [4.78, 5) is 35.6. The Labute approximate surface area is 175 Å². The summed E-state index contributed by atoms with van der Waals surface area (Å²) in [6.45, 7) is 0.679. The normalized spacial score (nSPS) is 11.6. The minimum atomic E-state index is -1.73. The Bertz CT molecular complexity index is 1010. The number of esters is 1. The van der Waals surface area contributed by atoms with Crippen LogP contribution in [0.4, 0.5) is 18.9 Å². The zero-order valence-corrected chi connectivity index (χ0v) is 16.6. The second kappa shape index (κ2) is 10.8. The maximum absolute atomic E-state index is 13.5. The molecule has 0 saturated heterocycles. The van der Waals surface area contributed by atoms with Crippen LogP contribution in [0.2, 0.25) is 0 Å². The van der Waals surface area contributed by atoms with Crippen molar-refractivity contribution in [3.63, 3.8) is 0 Å². The lowest BCUT2D eigenvalue weighted by atomic mass is 10.2. The summed E-state index contributed by atoms with van der Waals surface area (Å²) in [7, 11) is 1.51. The van der Waals surface area contributed by atoms with E-state index < -0.39 is 53.6 Å². The van der Waals surface area contributed by atoms with Gasteiger partial charge in [0.15, 0.2) is 23.6 Å². The lowest BCUT2D eigenvalue weighted by Gasteiger charge is -2.12. The molecule has 2 amide bonds. The first-order valence-electron chi connectivity index (χ1n) is 8.95. The van der Waals surface area contributed by atoms with E-state index in [1.165, 1.54) is 20.1 Å². The SMILES string of the molecule is COc1cccc(/C=C/C(=O)OC(C)C(=O)NCC(=O)Nc2ccc(F)c(F)c2F)c1. The summed E-state index contributed by atoms with van der Waals surface area (Å²) >= 11 is 0. The topological polar surface area (TPSA) is 93.7 Å². The van der Waals surface area contributed by atoms with Crippen LogP contribution in [0.15, 0.2) is 42.5 Å². The number of rotatable bonds is 8. The van der Waals surface area contributed by atoms with E-state index in [9.17, 15) is 27.6 Å². The molecule has 164 valence electrons. The Hall–Kier alpha value is -3.82. The Morgan fingerprint density at radius 1 is 1.10 bits per heavy atom. The van der Waals surface area contributed by atoms with Gasteiger partial charge in [0, 0.05) is 6.08 Å². The number of hydrogen-bond donors (Lipinski definition) is 2. The van der Waals surface area contributed by atoms with Crippen LogP contribution < -0.4 is 15.4 Å². The zero-order valence-electron chi connectivity index (χ0n) is 16.6. The average Bonchev–Trinajstić information content (AvgIpc) is 2.76. The third kappa shape index (κ3) is 6.88. The van der Waals surface area contributed by atoms with E-state index in [1.54, 1.807) is 24.3 Å². The van der Waals surface area contributed by atoms with Gasteiger partial charge in [0.2, 0.25) is 5.91 Å². The van der Waals surface area contributed by atoms with Crippen molar-refractivity contribution >= 4 is 29.5 Å². The highest BCUT2D eigenvalue weighted by Crippen LogP contribution is 2.19. The number of carbonyl (C=O) groups is 3. The van der Waals surface area contributed by atoms with Crippen LogP contribution in [-0.4, -0.2) is 37.5 Å². The van der Waals surface area contributed by atoms with Crippen LogP contribution in [0.5, 0.6) is 5.75 Å². The lowest BCUT2D eigenvalue weighted by molar-refractivity contribution is -0.150. The maximum atomic E-state index is 13.5. The molecule has 1 atom stereocenters. The molecule has 7 nitrogen and oxygen atoms in total. The van der Waals surface area contributed by atoms with E-state index in [2.05, 4.69) is 5.32 Å². The smallest absolute Gasteiger partial charge is 0.331 e. The van der Waals surface area contributed by atoms with Gasteiger partial charge in [-0.25, -0.2) is 18.0 Å². The molecule has 0 spiro atoms. The molecule has 2 rings (SSSR count). The molecule has 0 radical (unpaired) electrons. The molecule has 2 N–H and O–H groups in total. The summed E-state index contributed by atoms with van der Waals surface area (Å²) in [6.07, 6.45) is 1.37. The van der Waals surface area contributed by atoms with Crippen molar-refractivity contribution in [2.75, 3.05) is 19.0 Å². The third-order valence-electron chi connectivity index (χ3n) is 3.90. The predicted molar refractivity (Wildman–Crippen MR) is 106 cm³/mol. The van der Waals surface area contributed by atoms with E-state index >= 15 is 0 Å². The summed E-state index contributed by atoms with van der Waals surface area (Å²) < 4.78 is 49.6.